The van der Waals surface area contributed by atoms with Gasteiger partial charge >= 0.3 is 5.97 Å². The molecule has 2 aromatic rings. The molecule has 96 valence electrons. The fourth-order valence-corrected chi connectivity index (χ4v) is 2.34. The summed E-state index contributed by atoms with van der Waals surface area (Å²) >= 11 is 1.44. The average molecular weight is 266 g/mol. The normalized spacial score (nSPS) is 10.6. The second kappa shape index (κ2) is 5.30. The summed E-state index contributed by atoms with van der Waals surface area (Å²) in [7, 11) is 1.33. The number of ether oxygens (including phenoxy) is 1. The summed E-state index contributed by atoms with van der Waals surface area (Å²) in [5.74, 6) is 0.153. The summed E-state index contributed by atoms with van der Waals surface area (Å²) in [5.41, 5.74) is 3.22. The maximum atomic E-state index is 11.6. The van der Waals surface area contributed by atoms with E-state index in [-0.39, 0.29) is 5.76 Å². The largest absolute Gasteiger partial charge is 0.463 e. The lowest BCUT2D eigenvalue weighted by atomic mass is 10.2. The molecule has 0 aliphatic rings. The molecule has 0 atom stereocenters. The number of aryl methyl sites for hydroxylation is 2. The third kappa shape index (κ3) is 2.28. The minimum atomic E-state index is -0.487. The van der Waals surface area contributed by atoms with Crippen molar-refractivity contribution in [3.8, 4) is 10.8 Å². The zero-order chi connectivity index (χ0) is 13.1. The van der Waals surface area contributed by atoms with Gasteiger partial charge in [-0.3, -0.25) is 0 Å². The molecule has 2 aromatic heterocycles. The maximum Gasteiger partial charge on any atom is 0.376 e. The number of carbonyl (C=O) groups excluding carboxylic acids is 1. The fraction of sp³-hybridized carbons (Fsp3) is 0.417. The molecule has 0 saturated heterocycles. The Morgan fingerprint density at radius 2 is 2.33 bits per heavy atom. The van der Waals surface area contributed by atoms with Crippen molar-refractivity contribution in [2.24, 2.45) is 0 Å². The van der Waals surface area contributed by atoms with Gasteiger partial charge in [-0.15, -0.1) is 11.3 Å². The lowest BCUT2D eigenvalue weighted by Gasteiger charge is -1.96. The molecule has 0 amide bonds. The van der Waals surface area contributed by atoms with E-state index in [9.17, 15) is 4.79 Å². The average Bonchev–Trinajstić information content (AvgIpc) is 2.95. The van der Waals surface area contributed by atoms with Gasteiger partial charge in [-0.1, -0.05) is 13.3 Å². The summed E-state index contributed by atoms with van der Waals surface area (Å²) in [6.45, 7) is 3.90. The smallest absolute Gasteiger partial charge is 0.376 e. The molecule has 2 rings (SSSR count). The van der Waals surface area contributed by atoms with Crippen molar-refractivity contribution in [3.63, 3.8) is 0 Å². The van der Waals surface area contributed by atoms with Crippen LogP contribution >= 0.6 is 11.3 Å². The number of esters is 1. The molecule has 0 aliphatic carbocycles. The van der Waals surface area contributed by atoms with E-state index in [4.69, 9.17) is 9.15 Å². The summed E-state index contributed by atoms with van der Waals surface area (Å²) in [6.07, 6.45) is 1.57. The van der Waals surface area contributed by atoms with Gasteiger partial charge in [-0.25, -0.2) is 14.8 Å². The van der Waals surface area contributed by atoms with Gasteiger partial charge in [0.15, 0.2) is 0 Å². The Balaban J connectivity index is 2.45. The molecular weight excluding hydrogens is 252 g/mol. The van der Waals surface area contributed by atoms with Crippen molar-refractivity contribution in [1.82, 2.24) is 9.97 Å². The standard InChI is InChI=1S/C12H14N2O3S/c1-4-5-8-9(12(15)16-3)17-11(14-8)10-7(2)13-6-18-10/h6H,4-5H2,1-3H3. The SMILES string of the molecule is CCCc1nc(-c2scnc2C)oc1C(=O)OC. The Morgan fingerprint density at radius 3 is 2.89 bits per heavy atom. The molecule has 5 nitrogen and oxygen atoms in total. The number of thiazole rings is 1. The number of methoxy groups -OCH3 is 1. The van der Waals surface area contributed by atoms with Gasteiger partial charge in [-0.05, 0) is 13.3 Å². The quantitative estimate of drug-likeness (QED) is 0.796. The molecule has 0 spiro atoms. The first-order valence-electron chi connectivity index (χ1n) is 5.65. The molecule has 18 heavy (non-hydrogen) atoms. The summed E-state index contributed by atoms with van der Waals surface area (Å²) in [6, 6.07) is 0. The lowest BCUT2D eigenvalue weighted by molar-refractivity contribution is 0.0564. The lowest BCUT2D eigenvalue weighted by Crippen LogP contribution is -2.03. The molecule has 0 saturated carbocycles. The van der Waals surface area contributed by atoms with E-state index in [1.165, 1.54) is 18.4 Å². The van der Waals surface area contributed by atoms with E-state index in [2.05, 4.69) is 9.97 Å². The number of oxazole rings is 1. The molecule has 0 unspecified atom stereocenters. The van der Waals surface area contributed by atoms with Gasteiger partial charge < -0.3 is 9.15 Å². The van der Waals surface area contributed by atoms with Crippen LogP contribution in [0, 0.1) is 6.92 Å². The van der Waals surface area contributed by atoms with Crippen LogP contribution in [0.5, 0.6) is 0 Å². The van der Waals surface area contributed by atoms with Gasteiger partial charge in [-0.2, -0.15) is 0 Å². The van der Waals surface area contributed by atoms with Crippen LogP contribution in [0.25, 0.3) is 10.8 Å². The predicted octanol–water partition coefficient (Wildman–Crippen LogP) is 2.85. The highest BCUT2D eigenvalue weighted by atomic mass is 32.1. The molecule has 0 fully saturated rings. The van der Waals surface area contributed by atoms with Crippen LogP contribution in [-0.2, 0) is 11.2 Å². The van der Waals surface area contributed by atoms with Crippen LogP contribution in [0.4, 0.5) is 0 Å². The molecule has 6 heteroatoms. The van der Waals surface area contributed by atoms with E-state index in [0.717, 1.165) is 17.0 Å². The van der Waals surface area contributed by atoms with Crippen molar-refractivity contribution < 1.29 is 13.9 Å². The molecule has 0 bridgehead atoms. The minimum absolute atomic E-state index is 0.196. The molecule has 0 N–H and O–H groups in total. The van der Waals surface area contributed by atoms with Crippen LogP contribution < -0.4 is 0 Å². The summed E-state index contributed by atoms with van der Waals surface area (Å²) in [4.78, 5) is 21.0. The van der Waals surface area contributed by atoms with E-state index in [1.807, 2.05) is 13.8 Å². The molecule has 0 radical (unpaired) electrons. The van der Waals surface area contributed by atoms with Crippen molar-refractivity contribution in [2.75, 3.05) is 7.11 Å². The molecule has 0 aromatic carbocycles. The van der Waals surface area contributed by atoms with E-state index in [0.29, 0.717) is 18.0 Å². The summed E-state index contributed by atoms with van der Waals surface area (Å²) < 4.78 is 10.2. The number of carbonyl (C=O) groups is 1. The monoisotopic (exact) mass is 266 g/mol. The second-order valence-electron chi connectivity index (χ2n) is 3.80. The Hall–Kier alpha value is -1.69. The van der Waals surface area contributed by atoms with Crippen molar-refractivity contribution in [3.05, 3.63) is 22.7 Å². The Labute approximate surface area is 109 Å². The fourth-order valence-electron chi connectivity index (χ4n) is 1.61. The second-order valence-corrected chi connectivity index (χ2v) is 4.66. The van der Waals surface area contributed by atoms with Crippen LogP contribution in [0.15, 0.2) is 9.93 Å². The number of nitrogens with zero attached hydrogens (tertiary/aromatic N) is 2. The molecular formula is C12H14N2O3S. The third-order valence-corrected chi connectivity index (χ3v) is 3.41. The van der Waals surface area contributed by atoms with E-state index in [1.54, 1.807) is 5.51 Å². The summed E-state index contributed by atoms with van der Waals surface area (Å²) in [5, 5.41) is 0. The minimum Gasteiger partial charge on any atom is -0.463 e. The van der Waals surface area contributed by atoms with Gasteiger partial charge in [0, 0.05) is 0 Å². The highest BCUT2D eigenvalue weighted by molar-refractivity contribution is 7.13. The first-order valence-corrected chi connectivity index (χ1v) is 6.53. The Kier molecular flexibility index (Phi) is 3.76. The first kappa shape index (κ1) is 12.8. The van der Waals surface area contributed by atoms with Crippen molar-refractivity contribution in [1.29, 1.82) is 0 Å². The molecule has 0 aliphatic heterocycles. The van der Waals surface area contributed by atoms with Gasteiger partial charge in [0.2, 0.25) is 11.7 Å². The third-order valence-electron chi connectivity index (χ3n) is 2.49. The highest BCUT2D eigenvalue weighted by Gasteiger charge is 2.22. The van der Waals surface area contributed by atoms with Gasteiger partial charge in [0.05, 0.1) is 24.0 Å². The topological polar surface area (TPSA) is 65.2 Å². The van der Waals surface area contributed by atoms with Gasteiger partial charge in [0.1, 0.15) is 4.88 Å². The van der Waals surface area contributed by atoms with Gasteiger partial charge in [0.25, 0.3) is 0 Å². The number of hydrogen-bond donors (Lipinski definition) is 0. The van der Waals surface area contributed by atoms with Crippen LogP contribution in [0.3, 0.4) is 0 Å². The van der Waals surface area contributed by atoms with Crippen molar-refractivity contribution >= 4 is 17.3 Å². The molecule has 2 heterocycles. The van der Waals surface area contributed by atoms with Crippen LogP contribution in [-0.4, -0.2) is 23.0 Å². The van der Waals surface area contributed by atoms with Crippen LogP contribution in [0.2, 0.25) is 0 Å². The number of hydrogen-bond acceptors (Lipinski definition) is 6. The number of aromatic nitrogens is 2. The Bertz CT molecular complexity index is 559. The predicted molar refractivity (Wildman–Crippen MR) is 67.7 cm³/mol. The van der Waals surface area contributed by atoms with E-state index >= 15 is 0 Å². The number of rotatable bonds is 4. The maximum absolute atomic E-state index is 11.6. The highest BCUT2D eigenvalue weighted by Crippen LogP contribution is 2.29. The van der Waals surface area contributed by atoms with E-state index < -0.39 is 5.97 Å². The first-order chi connectivity index (χ1) is 8.67. The van der Waals surface area contributed by atoms with Crippen LogP contribution in [0.1, 0.15) is 35.3 Å². The Morgan fingerprint density at radius 1 is 1.56 bits per heavy atom. The van der Waals surface area contributed by atoms with Crippen molar-refractivity contribution in [2.45, 2.75) is 26.7 Å². The zero-order valence-electron chi connectivity index (χ0n) is 10.5. The zero-order valence-corrected chi connectivity index (χ0v) is 11.3.